The van der Waals surface area contributed by atoms with Crippen LogP contribution in [0.4, 0.5) is 0 Å². The van der Waals surface area contributed by atoms with E-state index in [2.05, 4.69) is 60.1 Å². The summed E-state index contributed by atoms with van der Waals surface area (Å²) in [6, 6.07) is 12.3. The van der Waals surface area contributed by atoms with Crippen molar-refractivity contribution >= 4 is 15.9 Å². The fraction of sp³-hybridized carbons (Fsp3) is 0.333. The van der Waals surface area contributed by atoms with Gasteiger partial charge in [-0.2, -0.15) is 0 Å². The molecular weight excluding hydrogens is 326 g/mol. The maximum atomic E-state index is 6.58. The number of ether oxygens (including phenoxy) is 1. The van der Waals surface area contributed by atoms with Gasteiger partial charge in [0.25, 0.3) is 0 Å². The van der Waals surface area contributed by atoms with Gasteiger partial charge in [0.2, 0.25) is 0 Å². The Labute approximate surface area is 135 Å². The molecule has 2 atom stereocenters. The Morgan fingerprint density at radius 3 is 2.33 bits per heavy atom. The summed E-state index contributed by atoms with van der Waals surface area (Å²) in [5.74, 6) is 1.11. The number of nitrogens with two attached hydrogens (primary N) is 1. The second kappa shape index (κ2) is 6.63. The van der Waals surface area contributed by atoms with Crippen LogP contribution in [0.1, 0.15) is 41.1 Å². The van der Waals surface area contributed by atoms with E-state index in [4.69, 9.17) is 10.5 Å². The van der Waals surface area contributed by atoms with Crippen molar-refractivity contribution in [3.63, 3.8) is 0 Å². The summed E-state index contributed by atoms with van der Waals surface area (Å²) in [6.45, 7) is 6.29. The summed E-state index contributed by atoms with van der Waals surface area (Å²) in [4.78, 5) is 0. The molecule has 0 heterocycles. The summed E-state index contributed by atoms with van der Waals surface area (Å²) in [5, 5.41) is 0. The lowest BCUT2D eigenvalue weighted by molar-refractivity contribution is 0.398. The average Bonchev–Trinajstić information content (AvgIpc) is 2.50. The number of hydrogen-bond acceptors (Lipinski definition) is 2. The highest BCUT2D eigenvalue weighted by Crippen LogP contribution is 2.40. The fourth-order valence-electron chi connectivity index (χ4n) is 2.76. The summed E-state index contributed by atoms with van der Waals surface area (Å²) < 4.78 is 6.69. The molecule has 2 aromatic rings. The van der Waals surface area contributed by atoms with E-state index in [0.717, 1.165) is 26.9 Å². The summed E-state index contributed by atoms with van der Waals surface area (Å²) in [7, 11) is 1.71. The minimum Gasteiger partial charge on any atom is -0.496 e. The van der Waals surface area contributed by atoms with Crippen LogP contribution < -0.4 is 10.5 Å². The molecular formula is C18H22BrNO. The summed E-state index contributed by atoms with van der Waals surface area (Å²) in [5.41, 5.74) is 11.2. The van der Waals surface area contributed by atoms with Crippen LogP contribution >= 0.6 is 15.9 Å². The normalized spacial score (nSPS) is 13.8. The van der Waals surface area contributed by atoms with Crippen LogP contribution in [0.2, 0.25) is 0 Å². The largest absolute Gasteiger partial charge is 0.496 e. The molecule has 2 rings (SSSR count). The van der Waals surface area contributed by atoms with Crippen molar-refractivity contribution < 1.29 is 4.74 Å². The minimum atomic E-state index is -0.112. The first-order valence-electron chi connectivity index (χ1n) is 7.11. The third-order valence-electron chi connectivity index (χ3n) is 4.11. The molecule has 0 saturated carbocycles. The van der Waals surface area contributed by atoms with Crippen molar-refractivity contribution in [2.24, 2.45) is 5.73 Å². The van der Waals surface area contributed by atoms with E-state index in [9.17, 15) is 0 Å². The number of hydrogen-bond donors (Lipinski definition) is 1. The first-order valence-corrected chi connectivity index (χ1v) is 7.90. The third-order valence-corrected chi connectivity index (χ3v) is 4.93. The Hall–Kier alpha value is -1.32. The first-order chi connectivity index (χ1) is 9.97. The summed E-state index contributed by atoms with van der Waals surface area (Å²) in [6.07, 6.45) is 0. The van der Waals surface area contributed by atoms with Crippen LogP contribution in [-0.4, -0.2) is 7.11 Å². The zero-order chi connectivity index (χ0) is 15.6. The number of benzene rings is 2. The SMILES string of the molecule is COc1c(C)cc(Br)c(C)c1C(N)C(C)c1ccccc1. The van der Waals surface area contributed by atoms with Crippen LogP contribution in [-0.2, 0) is 0 Å². The lowest BCUT2D eigenvalue weighted by Gasteiger charge is -2.26. The monoisotopic (exact) mass is 347 g/mol. The van der Waals surface area contributed by atoms with E-state index in [1.165, 1.54) is 5.56 Å². The van der Waals surface area contributed by atoms with Gasteiger partial charge in [-0.05, 0) is 36.6 Å². The molecule has 0 fully saturated rings. The molecule has 21 heavy (non-hydrogen) atoms. The Kier molecular flexibility index (Phi) is 5.07. The molecule has 0 aromatic heterocycles. The smallest absolute Gasteiger partial charge is 0.126 e. The molecule has 0 aliphatic rings. The lowest BCUT2D eigenvalue weighted by atomic mass is 9.86. The van der Waals surface area contributed by atoms with Crippen LogP contribution in [0.3, 0.4) is 0 Å². The quantitative estimate of drug-likeness (QED) is 0.855. The zero-order valence-electron chi connectivity index (χ0n) is 13.0. The molecule has 2 aromatic carbocycles. The number of rotatable bonds is 4. The van der Waals surface area contributed by atoms with Gasteiger partial charge in [-0.3, -0.25) is 0 Å². The van der Waals surface area contributed by atoms with Gasteiger partial charge in [0.1, 0.15) is 5.75 Å². The van der Waals surface area contributed by atoms with E-state index in [-0.39, 0.29) is 12.0 Å². The molecule has 3 heteroatoms. The Balaban J connectivity index is 2.50. The average molecular weight is 348 g/mol. The van der Waals surface area contributed by atoms with E-state index < -0.39 is 0 Å². The van der Waals surface area contributed by atoms with Crippen molar-refractivity contribution in [3.05, 3.63) is 63.1 Å². The van der Waals surface area contributed by atoms with Crippen molar-refractivity contribution in [2.75, 3.05) is 7.11 Å². The van der Waals surface area contributed by atoms with Crippen LogP contribution in [0.5, 0.6) is 5.75 Å². The van der Waals surface area contributed by atoms with Gasteiger partial charge in [0.15, 0.2) is 0 Å². The molecule has 2 N–H and O–H groups in total. The highest BCUT2D eigenvalue weighted by molar-refractivity contribution is 9.10. The van der Waals surface area contributed by atoms with Gasteiger partial charge in [0.05, 0.1) is 7.11 Å². The highest BCUT2D eigenvalue weighted by Gasteiger charge is 2.24. The van der Waals surface area contributed by atoms with Crippen molar-refractivity contribution in [3.8, 4) is 5.75 Å². The first kappa shape index (κ1) is 16.1. The van der Waals surface area contributed by atoms with Gasteiger partial charge < -0.3 is 10.5 Å². The standard InChI is InChI=1S/C18H22BrNO/c1-11-10-15(19)13(3)16(18(11)21-4)17(20)12(2)14-8-6-5-7-9-14/h5-10,12,17H,20H2,1-4H3. The Bertz CT molecular complexity index is 625. The van der Waals surface area contributed by atoms with Crippen LogP contribution in [0.15, 0.2) is 40.9 Å². The van der Waals surface area contributed by atoms with Gasteiger partial charge in [0, 0.05) is 22.0 Å². The second-order valence-corrected chi connectivity index (χ2v) is 6.33. The molecule has 2 unspecified atom stereocenters. The van der Waals surface area contributed by atoms with Crippen molar-refractivity contribution in [2.45, 2.75) is 32.7 Å². The Morgan fingerprint density at radius 2 is 1.76 bits per heavy atom. The van der Waals surface area contributed by atoms with Crippen LogP contribution in [0.25, 0.3) is 0 Å². The van der Waals surface area contributed by atoms with Crippen molar-refractivity contribution in [1.29, 1.82) is 0 Å². The van der Waals surface area contributed by atoms with E-state index in [0.29, 0.717) is 0 Å². The zero-order valence-corrected chi connectivity index (χ0v) is 14.6. The maximum Gasteiger partial charge on any atom is 0.126 e. The molecule has 0 spiro atoms. The number of aryl methyl sites for hydroxylation is 1. The molecule has 0 saturated heterocycles. The number of halogens is 1. The second-order valence-electron chi connectivity index (χ2n) is 5.47. The van der Waals surface area contributed by atoms with E-state index in [1.807, 2.05) is 13.0 Å². The van der Waals surface area contributed by atoms with Gasteiger partial charge in [-0.15, -0.1) is 0 Å². The molecule has 0 amide bonds. The lowest BCUT2D eigenvalue weighted by Crippen LogP contribution is -2.20. The van der Waals surface area contributed by atoms with Crippen LogP contribution in [0, 0.1) is 13.8 Å². The fourth-order valence-corrected chi connectivity index (χ4v) is 3.32. The van der Waals surface area contributed by atoms with Gasteiger partial charge >= 0.3 is 0 Å². The van der Waals surface area contributed by atoms with Gasteiger partial charge in [-0.1, -0.05) is 53.2 Å². The predicted molar refractivity (Wildman–Crippen MR) is 92.0 cm³/mol. The highest BCUT2D eigenvalue weighted by atomic mass is 79.9. The third kappa shape index (κ3) is 3.14. The molecule has 2 nitrogen and oxygen atoms in total. The number of methoxy groups -OCH3 is 1. The Morgan fingerprint density at radius 1 is 1.14 bits per heavy atom. The molecule has 0 bridgehead atoms. The van der Waals surface area contributed by atoms with E-state index in [1.54, 1.807) is 7.11 Å². The molecule has 0 aliphatic heterocycles. The molecule has 0 aliphatic carbocycles. The topological polar surface area (TPSA) is 35.2 Å². The molecule has 112 valence electrons. The van der Waals surface area contributed by atoms with Gasteiger partial charge in [-0.25, -0.2) is 0 Å². The van der Waals surface area contributed by atoms with Crippen molar-refractivity contribution in [1.82, 2.24) is 0 Å². The molecule has 0 radical (unpaired) electrons. The summed E-state index contributed by atoms with van der Waals surface area (Å²) >= 11 is 3.62. The predicted octanol–water partition coefficient (Wildman–Crippen LogP) is 4.88. The minimum absolute atomic E-state index is 0.112. The maximum absolute atomic E-state index is 6.58. The van der Waals surface area contributed by atoms with E-state index >= 15 is 0 Å².